The molecule has 0 spiro atoms. The smallest absolute Gasteiger partial charge is 0.328 e. The van der Waals surface area contributed by atoms with E-state index in [1.165, 1.54) is 12.2 Å². The molecule has 1 heterocycles. The zero-order valence-electron chi connectivity index (χ0n) is 9.05. The molecule has 1 aromatic heterocycles. The topological polar surface area (TPSA) is 75.2 Å². The van der Waals surface area contributed by atoms with E-state index in [0.717, 1.165) is 9.13 Å². The van der Waals surface area contributed by atoms with E-state index in [2.05, 4.69) is 18.1 Å². The number of aromatic nitrogens is 3. The van der Waals surface area contributed by atoms with Gasteiger partial charge in [-0.2, -0.15) is 0 Å². The molecule has 0 unspecified atom stereocenters. The Morgan fingerprint density at radius 3 is 1.69 bits per heavy atom. The normalized spacial score (nSPS) is 9.25. The van der Waals surface area contributed by atoms with Crippen LogP contribution < -0.4 is 51.6 Å². The molecule has 1 aromatic rings. The van der Waals surface area contributed by atoms with Crippen molar-refractivity contribution in [2.75, 3.05) is 0 Å². The number of allylic oxidation sites excluding steroid dienone is 2. The van der Waals surface area contributed by atoms with Crippen molar-refractivity contribution in [1.82, 2.24) is 14.1 Å². The molecule has 0 saturated carbocycles. The quantitative estimate of drug-likeness (QED) is 0.388. The summed E-state index contributed by atoms with van der Waals surface area (Å²) in [5, 5.41) is 0. The van der Waals surface area contributed by atoms with Crippen LogP contribution in [0.4, 0.5) is 0 Å². The molecule has 0 aliphatic rings. The summed E-state index contributed by atoms with van der Waals surface area (Å²) in [4.78, 5) is 37.1. The van der Waals surface area contributed by atoms with E-state index < -0.39 is 17.1 Å². The Hall–Kier alpha value is -1.11. The molecule has 0 saturated heterocycles. The van der Waals surface area contributed by atoms with Crippen molar-refractivity contribution in [3.05, 3.63) is 56.8 Å². The summed E-state index contributed by atoms with van der Waals surface area (Å²) in [6, 6.07) is 0. The molecule has 0 aliphatic carbocycles. The zero-order valence-corrected chi connectivity index (χ0v) is 11.0. The van der Waals surface area contributed by atoms with Crippen LogP contribution in [0.5, 0.6) is 0 Å². The van der Waals surface area contributed by atoms with E-state index in [1.807, 2.05) is 0 Å². The van der Waals surface area contributed by atoms with E-state index in [4.69, 9.17) is 0 Å². The summed E-state index contributed by atoms with van der Waals surface area (Å²) in [5.41, 5.74) is -2.41. The molecule has 7 heteroatoms. The molecule has 16 heavy (non-hydrogen) atoms. The molecular weight excluding hydrogens is 221 g/mol. The second kappa shape index (κ2) is 6.47. The first-order chi connectivity index (χ1) is 7.11. The minimum Gasteiger partial charge on any atom is -0.328 e. The van der Waals surface area contributed by atoms with Gasteiger partial charge in [-0.15, -0.1) is 13.2 Å². The van der Waals surface area contributed by atoms with Gasteiger partial charge in [-0.05, 0) is 0 Å². The number of rotatable bonds is 4. The third-order valence-electron chi connectivity index (χ3n) is 1.74. The maximum absolute atomic E-state index is 11.6. The molecule has 0 fully saturated rings. The minimum absolute atomic E-state index is 0. The van der Waals surface area contributed by atoms with Gasteiger partial charge in [-0.3, -0.25) is 19.4 Å². The fourth-order valence-electron chi connectivity index (χ4n) is 1.08. The number of hydrogen-bond acceptors (Lipinski definition) is 3. The summed E-state index contributed by atoms with van der Waals surface area (Å²) in [6.07, 6.45) is 2.76. The second-order valence-corrected chi connectivity index (χ2v) is 2.76. The van der Waals surface area contributed by atoms with Gasteiger partial charge in [0.25, 0.3) is 0 Å². The van der Waals surface area contributed by atoms with Gasteiger partial charge < -0.3 is 9.13 Å². The molecule has 1 rings (SSSR count). The van der Waals surface area contributed by atoms with Crippen LogP contribution in [-0.2, 0) is 13.1 Å². The Morgan fingerprint density at radius 1 is 1.00 bits per heavy atom. The van der Waals surface area contributed by atoms with E-state index in [-0.39, 0.29) is 42.6 Å². The molecule has 0 aliphatic heterocycles. The predicted molar refractivity (Wildman–Crippen MR) is 54.9 cm³/mol. The first-order valence-corrected chi connectivity index (χ1v) is 4.22. The molecule has 0 aromatic carbocycles. The van der Waals surface area contributed by atoms with Crippen molar-refractivity contribution in [3.8, 4) is 0 Å². The van der Waals surface area contributed by atoms with Crippen LogP contribution in [0.3, 0.4) is 0 Å². The zero-order chi connectivity index (χ0) is 11.4. The molecule has 0 radical (unpaired) electrons. The predicted octanol–water partition coefficient (Wildman–Crippen LogP) is -4.30. The van der Waals surface area contributed by atoms with Gasteiger partial charge in [0.1, 0.15) is 0 Å². The third-order valence-corrected chi connectivity index (χ3v) is 1.74. The van der Waals surface area contributed by atoms with Gasteiger partial charge in [-0.25, -0.2) is 0 Å². The van der Waals surface area contributed by atoms with Crippen molar-refractivity contribution in [1.29, 1.82) is 0 Å². The average Bonchev–Trinajstić information content (AvgIpc) is 2.19. The first kappa shape index (κ1) is 14.9. The second-order valence-electron chi connectivity index (χ2n) is 2.76. The van der Waals surface area contributed by atoms with Crippen molar-refractivity contribution < 1.29 is 29.6 Å². The summed E-state index contributed by atoms with van der Waals surface area (Å²) in [6.45, 7) is 6.86. The maximum atomic E-state index is 11.6. The summed E-state index contributed by atoms with van der Waals surface area (Å²) in [5.74, 6) is 0. The Labute approximate surface area is 113 Å². The Kier molecular flexibility index (Phi) is 6.02. The van der Waals surface area contributed by atoms with Crippen LogP contribution in [0.25, 0.3) is 0 Å². The molecule has 80 valence electrons. The molecule has 0 atom stereocenters. The fourth-order valence-corrected chi connectivity index (χ4v) is 1.08. The number of hydrogen-bond donors (Lipinski definition) is 0. The Morgan fingerprint density at radius 2 is 1.38 bits per heavy atom. The monoisotopic (exact) mass is 231 g/mol. The van der Waals surface area contributed by atoms with E-state index >= 15 is 0 Å². The van der Waals surface area contributed by atoms with Crippen LogP contribution in [0.15, 0.2) is 39.7 Å². The first-order valence-electron chi connectivity index (χ1n) is 4.22. The third kappa shape index (κ3) is 2.94. The Bertz CT molecular complexity index is 507. The van der Waals surface area contributed by atoms with Crippen molar-refractivity contribution in [3.63, 3.8) is 0 Å². The van der Waals surface area contributed by atoms with Crippen LogP contribution in [0, 0.1) is 0 Å². The summed E-state index contributed by atoms with van der Waals surface area (Å²) in [7, 11) is 0. The number of nitrogens with zero attached hydrogens (tertiary/aromatic N) is 3. The molecule has 0 amide bonds. The van der Waals surface area contributed by atoms with Crippen LogP contribution in [0.2, 0.25) is 0 Å². The molecule has 6 nitrogen and oxygen atoms in total. The van der Waals surface area contributed by atoms with E-state index in [9.17, 15) is 14.4 Å². The van der Waals surface area contributed by atoms with Gasteiger partial charge in [0.05, 0.1) is 0 Å². The maximum Gasteiger partial charge on any atom is 1.00 e. The van der Waals surface area contributed by atoms with Gasteiger partial charge >= 0.3 is 29.6 Å². The van der Waals surface area contributed by atoms with Gasteiger partial charge in [0.2, 0.25) is 17.1 Å². The average molecular weight is 231 g/mol. The standard InChI is InChI=1S/C9H11N3O3.Na/c1-3-5-11-7(13)10-8(14)12(6-4-2)9(11)15;/h3-4H,1-2,5-6H2,(H,10,13,14);/q;+1/p-1. The van der Waals surface area contributed by atoms with Crippen molar-refractivity contribution in [2.24, 2.45) is 0 Å². The van der Waals surface area contributed by atoms with Crippen LogP contribution >= 0.6 is 0 Å². The fraction of sp³-hybridized carbons (Fsp3) is 0.222. The van der Waals surface area contributed by atoms with Crippen LogP contribution in [-0.4, -0.2) is 9.13 Å². The molecule has 0 bridgehead atoms. The molecular formula is C9H10N3NaO3. The minimum atomic E-state index is -0.856. The van der Waals surface area contributed by atoms with E-state index in [0.29, 0.717) is 0 Å². The SMILES string of the molecule is C=CCn1c(=O)[n-]c(=O)n(CC=C)c1=O.[Na+]. The van der Waals surface area contributed by atoms with Gasteiger partial charge in [0, 0.05) is 13.1 Å². The largest absolute Gasteiger partial charge is 1.00 e. The Balaban J connectivity index is 0.00000225. The summed E-state index contributed by atoms with van der Waals surface area (Å²) < 4.78 is 1.66. The van der Waals surface area contributed by atoms with Gasteiger partial charge in [0.15, 0.2) is 0 Å². The summed E-state index contributed by atoms with van der Waals surface area (Å²) >= 11 is 0. The molecule has 0 N–H and O–H groups in total. The van der Waals surface area contributed by atoms with Crippen molar-refractivity contribution in [2.45, 2.75) is 13.1 Å². The van der Waals surface area contributed by atoms with E-state index in [1.54, 1.807) is 0 Å². The van der Waals surface area contributed by atoms with Crippen LogP contribution in [0.1, 0.15) is 0 Å². The van der Waals surface area contributed by atoms with Crippen molar-refractivity contribution >= 4 is 0 Å². The van der Waals surface area contributed by atoms with Gasteiger partial charge in [-0.1, -0.05) is 12.2 Å².